The van der Waals surface area contributed by atoms with Crippen molar-refractivity contribution < 1.29 is 13.9 Å². The Labute approximate surface area is 171 Å². The van der Waals surface area contributed by atoms with E-state index in [4.69, 9.17) is 4.74 Å². The highest BCUT2D eigenvalue weighted by molar-refractivity contribution is 5.92. The molecule has 0 aliphatic carbocycles. The summed E-state index contributed by atoms with van der Waals surface area (Å²) in [6.45, 7) is 7.05. The van der Waals surface area contributed by atoms with Crippen molar-refractivity contribution in [1.29, 1.82) is 0 Å². The Balaban J connectivity index is 1.40. The molecule has 2 aromatic rings. The van der Waals surface area contributed by atoms with Crippen molar-refractivity contribution >= 4 is 17.7 Å². The summed E-state index contributed by atoms with van der Waals surface area (Å²) in [4.78, 5) is 16.7. The molecule has 0 spiro atoms. The lowest BCUT2D eigenvalue weighted by atomic mass is 10.1. The van der Waals surface area contributed by atoms with E-state index in [-0.39, 0.29) is 11.7 Å². The van der Waals surface area contributed by atoms with Gasteiger partial charge in [0.2, 0.25) is 5.91 Å². The Morgan fingerprint density at radius 3 is 2.55 bits per heavy atom. The van der Waals surface area contributed by atoms with Crippen molar-refractivity contribution in [2.24, 2.45) is 0 Å². The van der Waals surface area contributed by atoms with Crippen molar-refractivity contribution in [1.82, 2.24) is 10.2 Å². The summed E-state index contributed by atoms with van der Waals surface area (Å²) < 4.78 is 18.4. The fraction of sp³-hybridized carbons (Fsp3) is 0.348. The number of carbonyl (C=O) groups is 1. The molecule has 0 saturated carbocycles. The molecule has 1 N–H and O–H groups in total. The second-order valence-corrected chi connectivity index (χ2v) is 7.17. The average Bonchev–Trinajstić information content (AvgIpc) is 2.73. The minimum Gasteiger partial charge on any atom is -0.496 e. The van der Waals surface area contributed by atoms with Crippen LogP contribution in [-0.4, -0.2) is 57.2 Å². The van der Waals surface area contributed by atoms with E-state index >= 15 is 0 Å². The normalized spacial score (nSPS) is 14.9. The van der Waals surface area contributed by atoms with E-state index in [1.807, 2.05) is 37.3 Å². The lowest BCUT2D eigenvalue weighted by molar-refractivity contribution is -0.116. The van der Waals surface area contributed by atoms with Crippen molar-refractivity contribution in [3.63, 3.8) is 0 Å². The first kappa shape index (κ1) is 20.9. The van der Waals surface area contributed by atoms with Gasteiger partial charge in [0.1, 0.15) is 11.6 Å². The van der Waals surface area contributed by atoms with Crippen molar-refractivity contribution in [3.05, 3.63) is 65.5 Å². The summed E-state index contributed by atoms with van der Waals surface area (Å²) in [5.74, 6) is 0.426. The number of ether oxygens (including phenoxy) is 1. The van der Waals surface area contributed by atoms with E-state index in [0.717, 1.165) is 55.3 Å². The number of benzene rings is 2. The summed E-state index contributed by atoms with van der Waals surface area (Å²) in [5, 5.41) is 2.94. The lowest BCUT2D eigenvalue weighted by Crippen LogP contribution is -2.48. The molecule has 0 bridgehead atoms. The third-order valence-corrected chi connectivity index (χ3v) is 5.09. The Hall–Kier alpha value is -2.86. The zero-order valence-electron chi connectivity index (χ0n) is 17.0. The highest BCUT2D eigenvalue weighted by Gasteiger charge is 2.16. The SMILES string of the molecule is COc1ccc(C)cc1/C=C/C(=O)NCCN1CCN(c2ccc(F)cc2)CC1. The average molecular weight is 397 g/mol. The van der Waals surface area contributed by atoms with Crippen molar-refractivity contribution in [3.8, 4) is 5.75 Å². The molecule has 0 unspecified atom stereocenters. The van der Waals surface area contributed by atoms with Crippen LogP contribution in [0.15, 0.2) is 48.5 Å². The number of piperazine rings is 1. The van der Waals surface area contributed by atoms with E-state index in [9.17, 15) is 9.18 Å². The highest BCUT2D eigenvalue weighted by Crippen LogP contribution is 2.21. The Morgan fingerprint density at radius 2 is 1.86 bits per heavy atom. The molecule has 0 atom stereocenters. The highest BCUT2D eigenvalue weighted by atomic mass is 19.1. The fourth-order valence-corrected chi connectivity index (χ4v) is 3.43. The Morgan fingerprint density at radius 1 is 1.14 bits per heavy atom. The standard InChI is InChI=1S/C23H28FN3O2/c1-18-3-9-22(29-2)19(17-18)4-10-23(28)25-11-12-26-13-15-27(16-14-26)21-7-5-20(24)6-8-21/h3-10,17H,11-16H2,1-2H3,(H,25,28)/b10-4+. The summed E-state index contributed by atoms with van der Waals surface area (Å²) in [5.41, 5.74) is 3.06. The minimum atomic E-state index is -0.210. The molecule has 6 heteroatoms. The molecule has 1 aliphatic heterocycles. The molecule has 3 rings (SSSR count). The number of carbonyl (C=O) groups excluding carboxylic acids is 1. The zero-order valence-corrected chi connectivity index (χ0v) is 17.0. The monoisotopic (exact) mass is 397 g/mol. The first-order valence-corrected chi connectivity index (χ1v) is 9.88. The van der Waals surface area contributed by atoms with Crippen LogP contribution in [0, 0.1) is 12.7 Å². The molecule has 1 fully saturated rings. The van der Waals surface area contributed by atoms with Gasteiger partial charge in [-0.05, 0) is 49.4 Å². The van der Waals surface area contributed by atoms with Gasteiger partial charge in [-0.3, -0.25) is 9.69 Å². The molecular weight excluding hydrogens is 369 g/mol. The summed E-state index contributed by atoms with van der Waals surface area (Å²) >= 11 is 0. The summed E-state index contributed by atoms with van der Waals surface area (Å²) in [6, 6.07) is 12.5. The molecule has 1 heterocycles. The van der Waals surface area contributed by atoms with E-state index in [1.165, 1.54) is 12.1 Å². The van der Waals surface area contributed by atoms with Gasteiger partial charge in [-0.15, -0.1) is 0 Å². The second kappa shape index (κ2) is 10.1. The van der Waals surface area contributed by atoms with E-state index in [1.54, 1.807) is 19.3 Å². The quantitative estimate of drug-likeness (QED) is 0.730. The minimum absolute atomic E-state index is 0.112. The van der Waals surface area contributed by atoms with Gasteiger partial charge in [0, 0.05) is 56.6 Å². The smallest absolute Gasteiger partial charge is 0.244 e. The molecule has 0 radical (unpaired) electrons. The van der Waals surface area contributed by atoms with Gasteiger partial charge in [0.05, 0.1) is 7.11 Å². The first-order chi connectivity index (χ1) is 14.0. The predicted molar refractivity (Wildman–Crippen MR) is 115 cm³/mol. The molecule has 1 amide bonds. The van der Waals surface area contributed by atoms with Crippen molar-refractivity contribution in [2.45, 2.75) is 6.92 Å². The van der Waals surface area contributed by atoms with Gasteiger partial charge in [0.15, 0.2) is 0 Å². The lowest BCUT2D eigenvalue weighted by Gasteiger charge is -2.36. The first-order valence-electron chi connectivity index (χ1n) is 9.88. The molecule has 0 aromatic heterocycles. The maximum Gasteiger partial charge on any atom is 0.244 e. The maximum absolute atomic E-state index is 13.1. The molecule has 1 saturated heterocycles. The summed E-state index contributed by atoms with van der Waals surface area (Å²) in [6.07, 6.45) is 3.33. The predicted octanol–water partition coefficient (Wildman–Crippen LogP) is 3.09. The van der Waals surface area contributed by atoms with Gasteiger partial charge in [0.25, 0.3) is 0 Å². The number of methoxy groups -OCH3 is 1. The molecule has 154 valence electrons. The van der Waals surface area contributed by atoms with Gasteiger partial charge in [-0.1, -0.05) is 11.6 Å². The zero-order chi connectivity index (χ0) is 20.6. The fourth-order valence-electron chi connectivity index (χ4n) is 3.43. The third-order valence-electron chi connectivity index (χ3n) is 5.09. The van der Waals surface area contributed by atoms with Crippen LogP contribution in [0.3, 0.4) is 0 Å². The molecule has 29 heavy (non-hydrogen) atoms. The number of anilines is 1. The van der Waals surface area contributed by atoms with Crippen LogP contribution < -0.4 is 15.0 Å². The van der Waals surface area contributed by atoms with E-state index in [0.29, 0.717) is 6.54 Å². The van der Waals surface area contributed by atoms with Crippen LogP contribution in [0.4, 0.5) is 10.1 Å². The van der Waals surface area contributed by atoms with Crippen LogP contribution in [0.25, 0.3) is 6.08 Å². The number of rotatable bonds is 7. The Bertz CT molecular complexity index is 844. The summed E-state index contributed by atoms with van der Waals surface area (Å²) in [7, 11) is 1.62. The molecule has 1 aliphatic rings. The van der Waals surface area contributed by atoms with E-state index < -0.39 is 0 Å². The number of nitrogens with one attached hydrogen (secondary N) is 1. The van der Waals surface area contributed by atoms with Gasteiger partial charge in [-0.25, -0.2) is 4.39 Å². The van der Waals surface area contributed by atoms with Gasteiger partial charge in [-0.2, -0.15) is 0 Å². The third kappa shape index (κ3) is 6.06. The maximum atomic E-state index is 13.1. The van der Waals surface area contributed by atoms with Gasteiger partial charge >= 0.3 is 0 Å². The molecule has 5 nitrogen and oxygen atoms in total. The number of nitrogens with zero attached hydrogens (tertiary/aromatic N) is 2. The number of aryl methyl sites for hydroxylation is 1. The number of amides is 1. The van der Waals surface area contributed by atoms with Gasteiger partial charge < -0.3 is 15.0 Å². The topological polar surface area (TPSA) is 44.8 Å². The Kier molecular flexibility index (Phi) is 7.25. The van der Waals surface area contributed by atoms with Crippen LogP contribution >= 0.6 is 0 Å². The number of halogens is 1. The van der Waals surface area contributed by atoms with Crippen LogP contribution in [0.5, 0.6) is 5.75 Å². The number of hydrogen-bond acceptors (Lipinski definition) is 4. The molecule has 2 aromatic carbocycles. The molecular formula is C23H28FN3O2. The largest absolute Gasteiger partial charge is 0.496 e. The van der Waals surface area contributed by atoms with Crippen LogP contribution in [0.2, 0.25) is 0 Å². The second-order valence-electron chi connectivity index (χ2n) is 7.17. The van der Waals surface area contributed by atoms with Crippen molar-refractivity contribution in [2.75, 3.05) is 51.3 Å². The number of hydrogen-bond donors (Lipinski definition) is 1. The van der Waals surface area contributed by atoms with Crippen LogP contribution in [-0.2, 0) is 4.79 Å². The van der Waals surface area contributed by atoms with E-state index in [2.05, 4.69) is 15.1 Å². The van der Waals surface area contributed by atoms with Crippen LogP contribution in [0.1, 0.15) is 11.1 Å².